The second kappa shape index (κ2) is 6.69. The SMILES string of the molecule is Cc1cccc(C(CN)N(C)Cc2ccccc2)c1C. The Morgan fingerprint density at radius 2 is 1.70 bits per heavy atom. The van der Waals surface area contributed by atoms with Crippen LogP contribution < -0.4 is 5.73 Å². The molecule has 0 saturated heterocycles. The molecule has 1 atom stereocenters. The van der Waals surface area contributed by atoms with Crippen molar-refractivity contribution in [1.82, 2.24) is 4.90 Å². The quantitative estimate of drug-likeness (QED) is 0.900. The van der Waals surface area contributed by atoms with Gasteiger partial charge in [-0.3, -0.25) is 4.90 Å². The second-order valence-electron chi connectivity index (χ2n) is 5.44. The average molecular weight is 268 g/mol. The Kier molecular flexibility index (Phi) is 4.94. The molecule has 2 heteroatoms. The fourth-order valence-electron chi connectivity index (χ4n) is 2.66. The zero-order chi connectivity index (χ0) is 14.5. The summed E-state index contributed by atoms with van der Waals surface area (Å²) in [6, 6.07) is 17.3. The van der Waals surface area contributed by atoms with Crippen LogP contribution in [-0.4, -0.2) is 18.5 Å². The normalized spacial score (nSPS) is 12.7. The minimum absolute atomic E-state index is 0.259. The van der Waals surface area contributed by atoms with Crippen LogP contribution in [0.15, 0.2) is 48.5 Å². The van der Waals surface area contributed by atoms with Gasteiger partial charge in [0.25, 0.3) is 0 Å². The summed E-state index contributed by atoms with van der Waals surface area (Å²) < 4.78 is 0. The molecule has 2 nitrogen and oxygen atoms in total. The summed E-state index contributed by atoms with van der Waals surface area (Å²) in [6.07, 6.45) is 0. The van der Waals surface area contributed by atoms with E-state index in [1.165, 1.54) is 22.3 Å². The van der Waals surface area contributed by atoms with Gasteiger partial charge >= 0.3 is 0 Å². The summed E-state index contributed by atoms with van der Waals surface area (Å²) in [5.41, 5.74) is 11.4. The van der Waals surface area contributed by atoms with Gasteiger partial charge in [0.2, 0.25) is 0 Å². The van der Waals surface area contributed by atoms with E-state index in [-0.39, 0.29) is 6.04 Å². The highest BCUT2D eigenvalue weighted by atomic mass is 15.1. The lowest BCUT2D eigenvalue weighted by atomic mass is 9.96. The van der Waals surface area contributed by atoms with Crippen LogP contribution in [0, 0.1) is 13.8 Å². The molecule has 0 radical (unpaired) electrons. The number of nitrogens with two attached hydrogens (primary N) is 1. The highest BCUT2D eigenvalue weighted by Crippen LogP contribution is 2.25. The second-order valence-corrected chi connectivity index (χ2v) is 5.44. The third kappa shape index (κ3) is 3.27. The van der Waals surface area contributed by atoms with Gasteiger partial charge in [0.1, 0.15) is 0 Å². The Labute approximate surface area is 122 Å². The molecule has 0 amide bonds. The van der Waals surface area contributed by atoms with Crippen molar-refractivity contribution in [3.8, 4) is 0 Å². The van der Waals surface area contributed by atoms with Gasteiger partial charge in [-0.05, 0) is 43.1 Å². The minimum Gasteiger partial charge on any atom is -0.329 e. The summed E-state index contributed by atoms with van der Waals surface area (Å²) in [4.78, 5) is 2.33. The Hall–Kier alpha value is -1.64. The molecule has 0 aliphatic heterocycles. The molecule has 2 aromatic rings. The third-order valence-electron chi connectivity index (χ3n) is 4.04. The molecule has 20 heavy (non-hydrogen) atoms. The molecule has 0 spiro atoms. The first-order valence-corrected chi connectivity index (χ1v) is 7.14. The van der Waals surface area contributed by atoms with Crippen molar-refractivity contribution in [2.75, 3.05) is 13.6 Å². The highest BCUT2D eigenvalue weighted by Gasteiger charge is 2.18. The number of hydrogen-bond donors (Lipinski definition) is 1. The lowest BCUT2D eigenvalue weighted by Gasteiger charge is -2.29. The minimum atomic E-state index is 0.259. The van der Waals surface area contributed by atoms with Crippen LogP contribution in [0.1, 0.15) is 28.3 Å². The maximum absolute atomic E-state index is 6.04. The van der Waals surface area contributed by atoms with E-state index in [4.69, 9.17) is 5.73 Å². The van der Waals surface area contributed by atoms with Crippen LogP contribution >= 0.6 is 0 Å². The third-order valence-corrected chi connectivity index (χ3v) is 4.04. The highest BCUT2D eigenvalue weighted by molar-refractivity contribution is 5.35. The molecule has 2 aromatic carbocycles. The van der Waals surface area contributed by atoms with Gasteiger partial charge in [-0.25, -0.2) is 0 Å². The summed E-state index contributed by atoms with van der Waals surface area (Å²) >= 11 is 0. The van der Waals surface area contributed by atoms with Crippen molar-refractivity contribution >= 4 is 0 Å². The fourth-order valence-corrected chi connectivity index (χ4v) is 2.66. The molecule has 0 aliphatic rings. The van der Waals surface area contributed by atoms with Crippen molar-refractivity contribution in [3.63, 3.8) is 0 Å². The van der Waals surface area contributed by atoms with Crippen molar-refractivity contribution in [2.24, 2.45) is 5.73 Å². The van der Waals surface area contributed by atoms with Gasteiger partial charge in [0.15, 0.2) is 0 Å². The van der Waals surface area contributed by atoms with E-state index < -0.39 is 0 Å². The topological polar surface area (TPSA) is 29.3 Å². The van der Waals surface area contributed by atoms with Gasteiger partial charge in [0.05, 0.1) is 0 Å². The van der Waals surface area contributed by atoms with Crippen molar-refractivity contribution in [1.29, 1.82) is 0 Å². The first-order valence-electron chi connectivity index (χ1n) is 7.14. The Morgan fingerprint density at radius 1 is 1.00 bits per heavy atom. The number of rotatable bonds is 5. The molecule has 2 rings (SSSR count). The number of aryl methyl sites for hydroxylation is 1. The Morgan fingerprint density at radius 3 is 2.35 bits per heavy atom. The Balaban J connectivity index is 2.21. The molecular weight excluding hydrogens is 244 g/mol. The van der Waals surface area contributed by atoms with Crippen LogP contribution in [-0.2, 0) is 6.54 Å². The van der Waals surface area contributed by atoms with Crippen LogP contribution in [0.4, 0.5) is 0 Å². The molecule has 0 heterocycles. The van der Waals surface area contributed by atoms with E-state index in [1.807, 2.05) is 0 Å². The summed E-state index contributed by atoms with van der Waals surface area (Å²) in [6.45, 7) is 5.89. The van der Waals surface area contributed by atoms with Gasteiger partial charge in [-0.1, -0.05) is 48.5 Å². The van der Waals surface area contributed by atoms with E-state index in [9.17, 15) is 0 Å². The smallest absolute Gasteiger partial charge is 0.0473 e. The van der Waals surface area contributed by atoms with E-state index >= 15 is 0 Å². The largest absolute Gasteiger partial charge is 0.329 e. The van der Waals surface area contributed by atoms with E-state index in [0.29, 0.717) is 6.54 Å². The fraction of sp³-hybridized carbons (Fsp3) is 0.333. The molecule has 0 aromatic heterocycles. The number of likely N-dealkylation sites (N-methyl/N-ethyl adjacent to an activating group) is 1. The van der Waals surface area contributed by atoms with Gasteiger partial charge < -0.3 is 5.73 Å². The Bertz CT molecular complexity index is 549. The summed E-state index contributed by atoms with van der Waals surface area (Å²) in [7, 11) is 2.15. The van der Waals surface area contributed by atoms with Gasteiger partial charge in [0, 0.05) is 19.1 Å². The number of nitrogens with zero attached hydrogens (tertiary/aromatic N) is 1. The predicted molar refractivity (Wildman–Crippen MR) is 85.6 cm³/mol. The van der Waals surface area contributed by atoms with Crippen LogP contribution in [0.3, 0.4) is 0 Å². The monoisotopic (exact) mass is 268 g/mol. The molecule has 1 unspecified atom stereocenters. The first-order chi connectivity index (χ1) is 9.63. The van der Waals surface area contributed by atoms with Crippen LogP contribution in [0.25, 0.3) is 0 Å². The maximum atomic E-state index is 6.04. The van der Waals surface area contributed by atoms with Gasteiger partial charge in [-0.15, -0.1) is 0 Å². The molecule has 0 bridgehead atoms. The molecule has 106 valence electrons. The van der Waals surface area contributed by atoms with Gasteiger partial charge in [-0.2, -0.15) is 0 Å². The zero-order valence-corrected chi connectivity index (χ0v) is 12.6. The van der Waals surface area contributed by atoms with E-state index in [1.54, 1.807) is 0 Å². The maximum Gasteiger partial charge on any atom is 0.0473 e. The zero-order valence-electron chi connectivity index (χ0n) is 12.6. The molecule has 2 N–H and O–H groups in total. The summed E-state index contributed by atoms with van der Waals surface area (Å²) in [5.74, 6) is 0. The van der Waals surface area contributed by atoms with E-state index in [0.717, 1.165) is 6.54 Å². The van der Waals surface area contributed by atoms with Crippen LogP contribution in [0.2, 0.25) is 0 Å². The molecule has 0 aliphatic carbocycles. The first kappa shape index (κ1) is 14.8. The van der Waals surface area contributed by atoms with Crippen LogP contribution in [0.5, 0.6) is 0 Å². The summed E-state index contributed by atoms with van der Waals surface area (Å²) in [5, 5.41) is 0. The molecule has 0 saturated carbocycles. The predicted octanol–water partition coefficient (Wildman–Crippen LogP) is 3.44. The number of benzene rings is 2. The lowest BCUT2D eigenvalue weighted by molar-refractivity contribution is 0.241. The van der Waals surface area contributed by atoms with Crippen molar-refractivity contribution in [3.05, 3.63) is 70.8 Å². The van der Waals surface area contributed by atoms with E-state index in [2.05, 4.69) is 74.3 Å². The average Bonchev–Trinajstić information content (AvgIpc) is 2.45. The standard InChI is InChI=1S/C18H24N2/c1-14-8-7-11-17(15(14)2)18(12-19)20(3)13-16-9-5-4-6-10-16/h4-11,18H,12-13,19H2,1-3H3. The van der Waals surface area contributed by atoms with Crippen molar-refractivity contribution in [2.45, 2.75) is 26.4 Å². The lowest BCUT2D eigenvalue weighted by Crippen LogP contribution is -2.30. The molecular formula is C18H24N2. The van der Waals surface area contributed by atoms with Crippen molar-refractivity contribution < 1.29 is 0 Å². The number of hydrogen-bond acceptors (Lipinski definition) is 2. The molecule has 0 fully saturated rings.